The Morgan fingerprint density at radius 2 is 1.89 bits per heavy atom. The van der Waals surface area contributed by atoms with E-state index < -0.39 is 0 Å². The number of benzene rings is 1. The second kappa shape index (κ2) is 8.39. The molecule has 3 aromatic rings. The minimum Gasteiger partial charge on any atom is -0.363 e. The zero-order valence-electron chi connectivity index (χ0n) is 16.7. The molecular formula is C20H24ClN7. The summed E-state index contributed by atoms with van der Waals surface area (Å²) in [6.45, 7) is 6.07. The summed E-state index contributed by atoms with van der Waals surface area (Å²) in [6.07, 6.45) is 1.66. The van der Waals surface area contributed by atoms with Gasteiger partial charge in [0.15, 0.2) is 11.0 Å². The molecule has 0 saturated carbocycles. The van der Waals surface area contributed by atoms with Crippen molar-refractivity contribution < 1.29 is 0 Å². The number of rotatable bonds is 6. The first-order valence-corrected chi connectivity index (χ1v) is 9.40. The summed E-state index contributed by atoms with van der Waals surface area (Å²) in [7, 11) is 3.89. The second-order valence-corrected chi connectivity index (χ2v) is 7.28. The molecule has 0 radical (unpaired) electrons. The Labute approximate surface area is 170 Å². The molecule has 8 heteroatoms. The second-order valence-electron chi connectivity index (χ2n) is 6.93. The van der Waals surface area contributed by atoms with Gasteiger partial charge < -0.3 is 4.90 Å². The van der Waals surface area contributed by atoms with Crippen LogP contribution < -0.4 is 10.3 Å². The van der Waals surface area contributed by atoms with Gasteiger partial charge in [0.05, 0.1) is 23.2 Å². The number of hydrogen-bond donors (Lipinski definition) is 1. The molecule has 2 heterocycles. The quantitative estimate of drug-likeness (QED) is 0.497. The summed E-state index contributed by atoms with van der Waals surface area (Å²) >= 11 is 6.33. The van der Waals surface area contributed by atoms with Gasteiger partial charge >= 0.3 is 0 Å². The van der Waals surface area contributed by atoms with Gasteiger partial charge in [0.25, 0.3) is 0 Å². The third-order valence-corrected chi connectivity index (χ3v) is 4.47. The molecule has 7 nitrogen and oxygen atoms in total. The number of para-hydroxylation sites is 1. The minimum atomic E-state index is 0.213. The van der Waals surface area contributed by atoms with E-state index in [-0.39, 0.29) is 5.92 Å². The Morgan fingerprint density at radius 3 is 2.54 bits per heavy atom. The van der Waals surface area contributed by atoms with E-state index in [2.05, 4.69) is 39.4 Å². The van der Waals surface area contributed by atoms with Crippen LogP contribution in [0, 0.1) is 6.92 Å². The number of aromatic nitrogens is 4. The highest BCUT2D eigenvalue weighted by molar-refractivity contribution is 6.32. The highest BCUT2D eigenvalue weighted by atomic mass is 35.5. The maximum Gasteiger partial charge on any atom is 0.160 e. The Balaban J connectivity index is 1.85. The van der Waals surface area contributed by atoms with Crippen molar-refractivity contribution in [3.05, 3.63) is 58.6 Å². The summed E-state index contributed by atoms with van der Waals surface area (Å²) in [4.78, 5) is 11.0. The van der Waals surface area contributed by atoms with Crippen molar-refractivity contribution in [2.45, 2.75) is 26.7 Å². The average Bonchev–Trinajstić information content (AvgIpc) is 2.96. The van der Waals surface area contributed by atoms with Crippen LogP contribution in [0.4, 0.5) is 11.6 Å². The smallest absolute Gasteiger partial charge is 0.160 e. The average molecular weight is 398 g/mol. The van der Waals surface area contributed by atoms with Crippen LogP contribution in [0.3, 0.4) is 0 Å². The van der Waals surface area contributed by atoms with E-state index in [1.807, 2.05) is 62.3 Å². The van der Waals surface area contributed by atoms with Gasteiger partial charge in [-0.05, 0) is 19.1 Å². The van der Waals surface area contributed by atoms with Gasteiger partial charge in [0.2, 0.25) is 0 Å². The van der Waals surface area contributed by atoms with Gasteiger partial charge in [-0.25, -0.2) is 14.6 Å². The lowest BCUT2D eigenvalue weighted by Crippen LogP contribution is -2.13. The van der Waals surface area contributed by atoms with Crippen LogP contribution in [0.5, 0.6) is 0 Å². The fourth-order valence-corrected chi connectivity index (χ4v) is 2.87. The van der Waals surface area contributed by atoms with Crippen molar-refractivity contribution >= 4 is 29.5 Å². The predicted molar refractivity (Wildman–Crippen MR) is 115 cm³/mol. The first kappa shape index (κ1) is 19.8. The molecule has 28 heavy (non-hydrogen) atoms. The van der Waals surface area contributed by atoms with Crippen molar-refractivity contribution in [1.82, 2.24) is 19.7 Å². The third kappa shape index (κ3) is 4.31. The summed E-state index contributed by atoms with van der Waals surface area (Å²) < 4.78 is 1.80. The molecule has 1 N–H and O–H groups in total. The number of nitrogens with zero attached hydrogens (tertiary/aromatic N) is 6. The van der Waals surface area contributed by atoms with Crippen LogP contribution in [0.1, 0.15) is 36.8 Å². The molecule has 0 bridgehead atoms. The van der Waals surface area contributed by atoms with Gasteiger partial charge in [-0.3, -0.25) is 5.43 Å². The van der Waals surface area contributed by atoms with Gasteiger partial charge in [0.1, 0.15) is 11.6 Å². The SMILES string of the molecule is Cc1c(/C=N/Nc2cc(N(C)C)nc(C(C)C)n2)c(Cl)nn1-c1ccccc1. The van der Waals surface area contributed by atoms with E-state index in [1.54, 1.807) is 10.9 Å². The fraction of sp³-hybridized carbons (Fsp3) is 0.300. The summed E-state index contributed by atoms with van der Waals surface area (Å²) in [5.74, 6) is 2.42. The summed E-state index contributed by atoms with van der Waals surface area (Å²) in [5.41, 5.74) is 5.59. The first-order valence-electron chi connectivity index (χ1n) is 9.02. The lowest BCUT2D eigenvalue weighted by Gasteiger charge is -2.15. The Morgan fingerprint density at radius 1 is 1.18 bits per heavy atom. The van der Waals surface area contributed by atoms with Crippen molar-refractivity contribution in [1.29, 1.82) is 0 Å². The Hall–Kier alpha value is -2.93. The first-order chi connectivity index (χ1) is 13.4. The van der Waals surface area contributed by atoms with Gasteiger partial charge in [-0.1, -0.05) is 43.6 Å². The minimum absolute atomic E-state index is 0.213. The standard InChI is InChI=1S/C20H24ClN7/c1-13(2)20-23-17(11-18(24-20)27(4)5)25-22-12-16-14(3)28(26-19(16)21)15-9-7-6-8-10-15/h6-13H,1-5H3,(H,23,24,25)/b22-12+. The lowest BCUT2D eigenvalue weighted by molar-refractivity contribution is 0.771. The summed E-state index contributed by atoms with van der Waals surface area (Å²) in [5, 5.41) is 9.13. The molecule has 0 atom stereocenters. The van der Waals surface area contributed by atoms with Crippen LogP contribution >= 0.6 is 11.6 Å². The molecule has 0 aliphatic heterocycles. The van der Waals surface area contributed by atoms with E-state index in [0.29, 0.717) is 11.0 Å². The molecule has 0 saturated heterocycles. The molecule has 1 aromatic carbocycles. The monoisotopic (exact) mass is 397 g/mol. The van der Waals surface area contributed by atoms with E-state index in [1.165, 1.54) is 0 Å². The molecule has 0 unspecified atom stereocenters. The topological polar surface area (TPSA) is 71.2 Å². The van der Waals surface area contributed by atoms with Crippen molar-refractivity contribution in [3.8, 4) is 5.69 Å². The molecular weight excluding hydrogens is 374 g/mol. The van der Waals surface area contributed by atoms with E-state index >= 15 is 0 Å². The highest BCUT2D eigenvalue weighted by Gasteiger charge is 2.13. The van der Waals surface area contributed by atoms with Crippen molar-refractivity contribution in [2.75, 3.05) is 24.4 Å². The van der Waals surface area contributed by atoms with Gasteiger partial charge in [-0.2, -0.15) is 10.2 Å². The third-order valence-electron chi connectivity index (χ3n) is 4.20. The number of anilines is 2. The number of nitrogens with one attached hydrogen (secondary N) is 1. The Kier molecular flexibility index (Phi) is 5.94. The molecule has 3 rings (SSSR count). The number of hydrogen-bond acceptors (Lipinski definition) is 6. The van der Waals surface area contributed by atoms with Crippen molar-refractivity contribution in [3.63, 3.8) is 0 Å². The van der Waals surface area contributed by atoms with Crippen LogP contribution in [-0.4, -0.2) is 40.1 Å². The zero-order valence-corrected chi connectivity index (χ0v) is 17.4. The van der Waals surface area contributed by atoms with Crippen LogP contribution in [-0.2, 0) is 0 Å². The van der Waals surface area contributed by atoms with Gasteiger partial charge in [0, 0.05) is 26.1 Å². The molecule has 0 amide bonds. The molecule has 0 aliphatic carbocycles. The number of hydrazone groups is 1. The molecule has 0 aliphatic rings. The largest absolute Gasteiger partial charge is 0.363 e. The van der Waals surface area contributed by atoms with E-state index in [4.69, 9.17) is 11.6 Å². The van der Waals surface area contributed by atoms with Crippen LogP contribution in [0.25, 0.3) is 5.69 Å². The van der Waals surface area contributed by atoms with E-state index in [9.17, 15) is 0 Å². The Bertz CT molecular complexity index is 951. The lowest BCUT2D eigenvalue weighted by atomic mass is 10.2. The maximum absolute atomic E-state index is 6.33. The molecule has 0 fully saturated rings. The van der Waals surface area contributed by atoms with Crippen LogP contribution in [0.2, 0.25) is 5.15 Å². The van der Waals surface area contributed by atoms with Gasteiger partial charge in [-0.15, -0.1) is 0 Å². The number of halogens is 1. The van der Waals surface area contributed by atoms with E-state index in [0.717, 1.165) is 28.6 Å². The molecule has 2 aromatic heterocycles. The molecule has 0 spiro atoms. The molecule has 146 valence electrons. The normalized spacial score (nSPS) is 11.4. The van der Waals surface area contributed by atoms with Crippen LogP contribution in [0.15, 0.2) is 41.5 Å². The highest BCUT2D eigenvalue weighted by Crippen LogP contribution is 2.21. The van der Waals surface area contributed by atoms with Crippen molar-refractivity contribution in [2.24, 2.45) is 5.10 Å². The maximum atomic E-state index is 6.33. The zero-order chi connectivity index (χ0) is 20.3. The predicted octanol–water partition coefficient (Wildman–Crippen LogP) is 4.26. The fourth-order valence-electron chi connectivity index (χ4n) is 2.61. The summed E-state index contributed by atoms with van der Waals surface area (Å²) in [6, 6.07) is 11.7.